The molecular weight excluding hydrogens is 363 g/mol. The van der Waals surface area contributed by atoms with Crippen molar-refractivity contribution in [3.05, 3.63) is 45.4 Å². The lowest BCUT2D eigenvalue weighted by atomic mass is 10.1. The third kappa shape index (κ3) is 3.56. The van der Waals surface area contributed by atoms with E-state index in [9.17, 15) is 0 Å². The van der Waals surface area contributed by atoms with E-state index >= 15 is 0 Å². The molecule has 1 N–H and O–H groups in total. The van der Waals surface area contributed by atoms with Gasteiger partial charge in [0.1, 0.15) is 0 Å². The molecule has 0 aliphatic carbocycles. The molecule has 1 unspecified atom stereocenters. The molecule has 1 atom stereocenters. The largest absolute Gasteiger partial charge is 0.381 e. The summed E-state index contributed by atoms with van der Waals surface area (Å²) in [6.45, 7) is 4.39. The van der Waals surface area contributed by atoms with E-state index in [-0.39, 0.29) is 0 Å². The van der Waals surface area contributed by atoms with Crippen LogP contribution in [-0.4, -0.2) is 11.0 Å². The molecule has 0 aliphatic rings. The standard InChI is InChI=1S/C19H19Cl3N2/c1-3-4-5-11(2)23-18-14-7-6-12(20)10-17(14)24-19-15(18)8-13(21)9-16(19)22/h6-11H,3-5H2,1-2H3,(H,23,24). The first-order chi connectivity index (χ1) is 11.5. The van der Waals surface area contributed by atoms with E-state index in [1.54, 1.807) is 6.07 Å². The summed E-state index contributed by atoms with van der Waals surface area (Å²) >= 11 is 18.8. The molecule has 0 saturated carbocycles. The molecule has 0 saturated heterocycles. The third-order valence-corrected chi connectivity index (χ3v) is 4.88. The number of hydrogen-bond acceptors (Lipinski definition) is 2. The lowest BCUT2D eigenvalue weighted by molar-refractivity contribution is 0.646. The number of halogens is 3. The predicted molar refractivity (Wildman–Crippen MR) is 107 cm³/mol. The Hall–Kier alpha value is -1.22. The predicted octanol–water partition coefficient (Wildman–Crippen LogP) is 7.34. The smallest absolute Gasteiger partial charge is 0.0917 e. The minimum absolute atomic E-state index is 0.340. The zero-order chi connectivity index (χ0) is 17.3. The number of pyridine rings is 1. The Morgan fingerprint density at radius 3 is 2.58 bits per heavy atom. The molecule has 0 fully saturated rings. The second kappa shape index (κ2) is 7.35. The van der Waals surface area contributed by atoms with E-state index in [4.69, 9.17) is 39.8 Å². The second-order valence-electron chi connectivity index (χ2n) is 6.12. The maximum Gasteiger partial charge on any atom is 0.0917 e. The number of fused-ring (bicyclic) bond motifs is 2. The maximum atomic E-state index is 6.39. The van der Waals surface area contributed by atoms with Crippen LogP contribution >= 0.6 is 34.8 Å². The monoisotopic (exact) mass is 380 g/mol. The van der Waals surface area contributed by atoms with Gasteiger partial charge >= 0.3 is 0 Å². The topological polar surface area (TPSA) is 24.9 Å². The van der Waals surface area contributed by atoms with Crippen LogP contribution in [0.3, 0.4) is 0 Å². The highest BCUT2D eigenvalue weighted by atomic mass is 35.5. The van der Waals surface area contributed by atoms with Gasteiger partial charge in [-0.15, -0.1) is 0 Å². The Bertz CT molecular complexity index is 893. The van der Waals surface area contributed by atoms with Gasteiger partial charge in [0, 0.05) is 26.9 Å². The van der Waals surface area contributed by atoms with Gasteiger partial charge in [-0.1, -0.05) is 54.6 Å². The molecule has 0 spiro atoms. The van der Waals surface area contributed by atoms with Crippen LogP contribution in [0.5, 0.6) is 0 Å². The zero-order valence-electron chi connectivity index (χ0n) is 13.7. The fourth-order valence-electron chi connectivity index (χ4n) is 2.93. The van der Waals surface area contributed by atoms with Gasteiger partial charge in [0.2, 0.25) is 0 Å². The minimum atomic E-state index is 0.340. The summed E-state index contributed by atoms with van der Waals surface area (Å²) < 4.78 is 0. The number of benzene rings is 2. The SMILES string of the molecule is CCCCC(C)Nc1c2ccc(Cl)cc2nc2c(Cl)cc(Cl)cc12. The molecule has 0 radical (unpaired) electrons. The van der Waals surface area contributed by atoms with Gasteiger partial charge in [0.05, 0.1) is 21.7 Å². The van der Waals surface area contributed by atoms with Crippen LogP contribution in [0.1, 0.15) is 33.1 Å². The van der Waals surface area contributed by atoms with E-state index in [1.807, 2.05) is 24.3 Å². The number of nitrogens with one attached hydrogen (secondary N) is 1. The third-order valence-electron chi connectivity index (χ3n) is 4.14. The van der Waals surface area contributed by atoms with Crippen molar-refractivity contribution in [1.82, 2.24) is 4.98 Å². The van der Waals surface area contributed by atoms with Crippen molar-refractivity contribution in [1.29, 1.82) is 0 Å². The highest BCUT2D eigenvalue weighted by molar-refractivity contribution is 6.39. The van der Waals surface area contributed by atoms with E-state index in [0.717, 1.165) is 33.9 Å². The highest BCUT2D eigenvalue weighted by Crippen LogP contribution is 2.37. The first-order valence-electron chi connectivity index (χ1n) is 8.14. The summed E-state index contributed by atoms with van der Waals surface area (Å²) in [4.78, 5) is 4.69. The molecule has 3 rings (SSSR count). The van der Waals surface area contributed by atoms with Crippen LogP contribution in [0.15, 0.2) is 30.3 Å². The summed E-state index contributed by atoms with van der Waals surface area (Å²) in [5.74, 6) is 0. The van der Waals surface area contributed by atoms with Gasteiger partial charge in [-0.25, -0.2) is 4.98 Å². The van der Waals surface area contributed by atoms with Crippen LogP contribution in [0.2, 0.25) is 15.1 Å². The summed E-state index contributed by atoms with van der Waals surface area (Å²) in [7, 11) is 0. The average Bonchev–Trinajstić information content (AvgIpc) is 2.53. The quantitative estimate of drug-likeness (QED) is 0.468. The molecular formula is C19H19Cl3N2. The average molecular weight is 382 g/mol. The van der Waals surface area contributed by atoms with Crippen LogP contribution in [0.4, 0.5) is 5.69 Å². The summed E-state index contributed by atoms with van der Waals surface area (Å²) in [5, 5.41) is 7.40. The van der Waals surface area contributed by atoms with Crippen molar-refractivity contribution in [2.24, 2.45) is 0 Å². The van der Waals surface area contributed by atoms with E-state index in [2.05, 4.69) is 19.2 Å². The summed E-state index contributed by atoms with van der Waals surface area (Å²) in [6, 6.07) is 9.72. The lowest BCUT2D eigenvalue weighted by Crippen LogP contribution is -2.15. The van der Waals surface area contributed by atoms with Crippen LogP contribution < -0.4 is 5.32 Å². The highest BCUT2D eigenvalue weighted by Gasteiger charge is 2.14. The fourth-order valence-corrected chi connectivity index (χ4v) is 3.63. The molecule has 2 aromatic carbocycles. The fraction of sp³-hybridized carbons (Fsp3) is 0.316. The number of hydrogen-bond donors (Lipinski definition) is 1. The van der Waals surface area contributed by atoms with Gasteiger partial charge in [-0.05, 0) is 43.7 Å². The van der Waals surface area contributed by atoms with Crippen molar-refractivity contribution in [2.45, 2.75) is 39.2 Å². The molecule has 2 nitrogen and oxygen atoms in total. The normalized spacial score (nSPS) is 12.7. The van der Waals surface area contributed by atoms with E-state index in [1.165, 1.54) is 12.8 Å². The maximum absolute atomic E-state index is 6.39. The molecule has 1 aromatic heterocycles. The van der Waals surface area contributed by atoms with Crippen molar-refractivity contribution < 1.29 is 0 Å². The van der Waals surface area contributed by atoms with Gasteiger partial charge in [0.25, 0.3) is 0 Å². The molecule has 3 aromatic rings. The van der Waals surface area contributed by atoms with Crippen molar-refractivity contribution in [2.75, 3.05) is 5.32 Å². The number of unbranched alkanes of at least 4 members (excludes halogenated alkanes) is 1. The lowest BCUT2D eigenvalue weighted by Gasteiger charge is -2.19. The van der Waals surface area contributed by atoms with Gasteiger partial charge in [0.15, 0.2) is 0 Å². The molecule has 0 amide bonds. The Morgan fingerprint density at radius 1 is 1.04 bits per heavy atom. The molecule has 126 valence electrons. The second-order valence-corrected chi connectivity index (χ2v) is 7.40. The van der Waals surface area contributed by atoms with Crippen LogP contribution in [-0.2, 0) is 0 Å². The summed E-state index contributed by atoms with van der Waals surface area (Å²) in [5.41, 5.74) is 2.57. The Morgan fingerprint density at radius 2 is 1.83 bits per heavy atom. The van der Waals surface area contributed by atoms with Crippen molar-refractivity contribution in [3.8, 4) is 0 Å². The first-order valence-corrected chi connectivity index (χ1v) is 9.27. The molecule has 24 heavy (non-hydrogen) atoms. The first kappa shape index (κ1) is 17.6. The van der Waals surface area contributed by atoms with E-state index in [0.29, 0.717) is 21.1 Å². The van der Waals surface area contributed by atoms with Crippen LogP contribution in [0, 0.1) is 0 Å². The number of aromatic nitrogens is 1. The number of anilines is 1. The minimum Gasteiger partial charge on any atom is -0.381 e. The zero-order valence-corrected chi connectivity index (χ0v) is 15.9. The van der Waals surface area contributed by atoms with E-state index < -0.39 is 0 Å². The number of rotatable bonds is 5. The van der Waals surface area contributed by atoms with Gasteiger partial charge < -0.3 is 5.32 Å². The van der Waals surface area contributed by atoms with Gasteiger partial charge in [-0.2, -0.15) is 0 Å². The van der Waals surface area contributed by atoms with Crippen molar-refractivity contribution >= 4 is 62.3 Å². The molecule has 5 heteroatoms. The molecule has 0 bridgehead atoms. The molecule has 1 heterocycles. The Kier molecular flexibility index (Phi) is 5.39. The molecule has 0 aliphatic heterocycles. The Labute approximate surface area is 157 Å². The van der Waals surface area contributed by atoms with Crippen LogP contribution in [0.25, 0.3) is 21.8 Å². The summed E-state index contributed by atoms with van der Waals surface area (Å²) in [6.07, 6.45) is 3.46. The Balaban J connectivity index is 2.24. The number of nitrogens with zero attached hydrogens (tertiary/aromatic N) is 1. The van der Waals surface area contributed by atoms with Gasteiger partial charge in [-0.3, -0.25) is 0 Å². The van der Waals surface area contributed by atoms with Crippen molar-refractivity contribution in [3.63, 3.8) is 0 Å².